The quantitative estimate of drug-likeness (QED) is 0.651. The highest BCUT2D eigenvalue weighted by Crippen LogP contribution is 2.33. The van der Waals surface area contributed by atoms with Crippen LogP contribution in [0.2, 0.25) is 0 Å². The van der Waals surface area contributed by atoms with Crippen molar-refractivity contribution in [2.45, 2.75) is 52.9 Å². The Morgan fingerprint density at radius 3 is 2.62 bits per heavy atom. The van der Waals surface area contributed by atoms with Crippen molar-refractivity contribution < 1.29 is 4.79 Å². The first-order chi connectivity index (χ1) is 6.15. The zero-order chi connectivity index (χ0) is 9.84. The van der Waals surface area contributed by atoms with Crippen molar-refractivity contribution in [2.75, 3.05) is 0 Å². The predicted octanol–water partition coefficient (Wildman–Crippen LogP) is 3.43. The molecule has 0 radical (unpaired) electrons. The Bertz CT molecular complexity index is 174. The van der Waals surface area contributed by atoms with Gasteiger partial charge in [-0.05, 0) is 24.7 Å². The number of Topliss-reactive ketones (excluding diaryl/α,β-unsaturated/α-hetero) is 1. The van der Waals surface area contributed by atoms with Crippen LogP contribution in [-0.4, -0.2) is 5.78 Å². The first kappa shape index (κ1) is 10.7. The number of carbonyl (C=O) groups is 1. The predicted molar refractivity (Wildman–Crippen MR) is 55.6 cm³/mol. The largest absolute Gasteiger partial charge is 0.299 e. The van der Waals surface area contributed by atoms with E-state index in [1.165, 1.54) is 12.8 Å². The number of carbonyl (C=O) groups excluding carboxylic acids is 1. The van der Waals surface area contributed by atoms with Crippen LogP contribution in [-0.2, 0) is 4.79 Å². The third-order valence-electron chi connectivity index (χ3n) is 3.52. The molecule has 1 rings (SSSR count). The van der Waals surface area contributed by atoms with Crippen LogP contribution in [0.1, 0.15) is 52.9 Å². The van der Waals surface area contributed by atoms with E-state index < -0.39 is 0 Å². The van der Waals surface area contributed by atoms with Gasteiger partial charge in [0.1, 0.15) is 5.78 Å². The van der Waals surface area contributed by atoms with E-state index in [9.17, 15) is 4.79 Å². The molecule has 0 spiro atoms. The standard InChI is InChI=1S/C12H22O/c1-4-9(2)8-12(13)11-7-5-6-10(11)3/h9-11H,4-8H2,1-3H3. The van der Waals surface area contributed by atoms with Crippen molar-refractivity contribution >= 4 is 5.78 Å². The zero-order valence-electron chi connectivity index (χ0n) is 9.18. The maximum atomic E-state index is 11.8. The Morgan fingerprint density at radius 1 is 1.46 bits per heavy atom. The normalized spacial score (nSPS) is 30.4. The molecule has 0 bridgehead atoms. The Hall–Kier alpha value is -0.330. The summed E-state index contributed by atoms with van der Waals surface area (Å²) in [4.78, 5) is 11.8. The van der Waals surface area contributed by atoms with Crippen LogP contribution >= 0.6 is 0 Å². The van der Waals surface area contributed by atoms with E-state index in [0.29, 0.717) is 23.5 Å². The van der Waals surface area contributed by atoms with Gasteiger partial charge in [0.2, 0.25) is 0 Å². The van der Waals surface area contributed by atoms with Crippen LogP contribution in [0.5, 0.6) is 0 Å². The third kappa shape index (κ3) is 2.82. The van der Waals surface area contributed by atoms with E-state index >= 15 is 0 Å². The van der Waals surface area contributed by atoms with Gasteiger partial charge in [-0.15, -0.1) is 0 Å². The fraction of sp³-hybridized carbons (Fsp3) is 0.917. The highest BCUT2D eigenvalue weighted by atomic mass is 16.1. The summed E-state index contributed by atoms with van der Waals surface area (Å²) < 4.78 is 0. The van der Waals surface area contributed by atoms with Crippen molar-refractivity contribution in [2.24, 2.45) is 17.8 Å². The topological polar surface area (TPSA) is 17.1 Å². The molecule has 0 aromatic heterocycles. The van der Waals surface area contributed by atoms with Crippen LogP contribution in [0.3, 0.4) is 0 Å². The van der Waals surface area contributed by atoms with Crippen LogP contribution in [0.25, 0.3) is 0 Å². The lowest BCUT2D eigenvalue weighted by atomic mass is 9.88. The lowest BCUT2D eigenvalue weighted by Gasteiger charge is -2.16. The smallest absolute Gasteiger partial charge is 0.136 e. The van der Waals surface area contributed by atoms with Crippen LogP contribution < -0.4 is 0 Å². The number of hydrogen-bond acceptors (Lipinski definition) is 1. The Morgan fingerprint density at radius 2 is 2.15 bits per heavy atom. The van der Waals surface area contributed by atoms with Gasteiger partial charge < -0.3 is 0 Å². The summed E-state index contributed by atoms with van der Waals surface area (Å²) in [5, 5.41) is 0. The average molecular weight is 182 g/mol. The second-order valence-electron chi connectivity index (χ2n) is 4.70. The van der Waals surface area contributed by atoms with E-state index in [1.807, 2.05) is 0 Å². The van der Waals surface area contributed by atoms with E-state index in [2.05, 4.69) is 20.8 Å². The van der Waals surface area contributed by atoms with Gasteiger partial charge in [-0.1, -0.05) is 33.6 Å². The summed E-state index contributed by atoms with van der Waals surface area (Å²) >= 11 is 0. The van der Waals surface area contributed by atoms with Gasteiger partial charge in [-0.3, -0.25) is 4.79 Å². The van der Waals surface area contributed by atoms with Gasteiger partial charge in [-0.25, -0.2) is 0 Å². The van der Waals surface area contributed by atoms with E-state index in [0.717, 1.165) is 19.3 Å². The van der Waals surface area contributed by atoms with Crippen molar-refractivity contribution in [1.82, 2.24) is 0 Å². The average Bonchev–Trinajstić information content (AvgIpc) is 2.51. The molecule has 1 aliphatic rings. The third-order valence-corrected chi connectivity index (χ3v) is 3.52. The summed E-state index contributed by atoms with van der Waals surface area (Å²) in [7, 11) is 0. The van der Waals surface area contributed by atoms with Crippen molar-refractivity contribution in [3.05, 3.63) is 0 Å². The molecule has 0 aromatic rings. The molecule has 76 valence electrons. The molecule has 1 fully saturated rings. The van der Waals surface area contributed by atoms with Crippen molar-refractivity contribution in [1.29, 1.82) is 0 Å². The van der Waals surface area contributed by atoms with Gasteiger partial charge in [0, 0.05) is 12.3 Å². The maximum Gasteiger partial charge on any atom is 0.136 e. The minimum Gasteiger partial charge on any atom is -0.299 e. The summed E-state index contributed by atoms with van der Waals surface area (Å²) in [5.41, 5.74) is 0. The Labute approximate surface area is 81.9 Å². The molecule has 13 heavy (non-hydrogen) atoms. The van der Waals surface area contributed by atoms with Gasteiger partial charge in [0.15, 0.2) is 0 Å². The van der Waals surface area contributed by atoms with Gasteiger partial charge in [-0.2, -0.15) is 0 Å². The minimum atomic E-state index is 0.397. The van der Waals surface area contributed by atoms with Crippen LogP contribution in [0.15, 0.2) is 0 Å². The second kappa shape index (κ2) is 4.78. The molecule has 0 aromatic carbocycles. The zero-order valence-corrected chi connectivity index (χ0v) is 9.18. The molecule has 0 aliphatic heterocycles. The molecule has 0 heterocycles. The van der Waals surface area contributed by atoms with Gasteiger partial charge in [0.25, 0.3) is 0 Å². The molecule has 3 atom stereocenters. The summed E-state index contributed by atoms with van der Waals surface area (Å²) in [6, 6.07) is 0. The first-order valence-corrected chi connectivity index (χ1v) is 5.67. The van der Waals surface area contributed by atoms with Crippen LogP contribution in [0, 0.1) is 17.8 Å². The second-order valence-corrected chi connectivity index (χ2v) is 4.70. The first-order valence-electron chi connectivity index (χ1n) is 5.67. The molecular weight excluding hydrogens is 160 g/mol. The summed E-state index contributed by atoms with van der Waals surface area (Å²) in [6.07, 6.45) is 5.61. The van der Waals surface area contributed by atoms with Crippen molar-refractivity contribution in [3.8, 4) is 0 Å². The van der Waals surface area contributed by atoms with Crippen molar-refractivity contribution in [3.63, 3.8) is 0 Å². The van der Waals surface area contributed by atoms with Gasteiger partial charge in [0.05, 0.1) is 0 Å². The monoisotopic (exact) mass is 182 g/mol. The molecule has 1 nitrogen and oxygen atoms in total. The molecule has 0 saturated heterocycles. The molecule has 0 amide bonds. The molecular formula is C12H22O. The number of hydrogen-bond donors (Lipinski definition) is 0. The summed E-state index contributed by atoms with van der Waals surface area (Å²) in [5.74, 6) is 2.16. The van der Waals surface area contributed by atoms with E-state index in [1.54, 1.807) is 0 Å². The Kier molecular flexibility index (Phi) is 3.95. The lowest BCUT2D eigenvalue weighted by molar-refractivity contribution is -0.124. The minimum absolute atomic E-state index is 0.397. The molecule has 1 heteroatoms. The summed E-state index contributed by atoms with van der Waals surface area (Å²) in [6.45, 7) is 6.57. The highest BCUT2D eigenvalue weighted by molar-refractivity contribution is 5.81. The molecule has 1 aliphatic carbocycles. The molecule has 0 N–H and O–H groups in total. The van der Waals surface area contributed by atoms with Crippen LogP contribution in [0.4, 0.5) is 0 Å². The van der Waals surface area contributed by atoms with E-state index in [-0.39, 0.29) is 0 Å². The highest BCUT2D eigenvalue weighted by Gasteiger charge is 2.29. The molecule has 1 saturated carbocycles. The lowest BCUT2D eigenvalue weighted by Crippen LogP contribution is -2.19. The maximum absolute atomic E-state index is 11.8. The fourth-order valence-corrected chi connectivity index (χ4v) is 2.26. The Balaban J connectivity index is 2.38. The SMILES string of the molecule is CCC(C)CC(=O)C1CCCC1C. The number of rotatable bonds is 4. The van der Waals surface area contributed by atoms with Gasteiger partial charge >= 0.3 is 0 Å². The fourth-order valence-electron chi connectivity index (χ4n) is 2.26. The number of ketones is 1. The molecule has 3 unspecified atom stereocenters. The van der Waals surface area contributed by atoms with E-state index in [4.69, 9.17) is 0 Å².